The maximum absolute atomic E-state index is 11.8. The van der Waals surface area contributed by atoms with Crippen molar-refractivity contribution in [2.45, 2.75) is 58.8 Å². The van der Waals surface area contributed by atoms with Crippen LogP contribution in [0.3, 0.4) is 0 Å². The van der Waals surface area contributed by atoms with Gasteiger partial charge in [0.2, 0.25) is 0 Å². The van der Waals surface area contributed by atoms with Crippen molar-refractivity contribution in [3.05, 3.63) is 0 Å². The molecule has 1 aliphatic carbocycles. The van der Waals surface area contributed by atoms with Gasteiger partial charge in [-0.25, -0.2) is 0 Å². The lowest BCUT2D eigenvalue weighted by atomic mass is 9.82. The molecule has 0 amide bonds. The smallest absolute Gasteiger partial charge is 0.306 e. The Morgan fingerprint density at radius 2 is 2.12 bits per heavy atom. The highest BCUT2D eigenvalue weighted by Crippen LogP contribution is 2.37. The molecular formula is C14H24O3. The van der Waals surface area contributed by atoms with Crippen LogP contribution in [0.1, 0.15) is 58.8 Å². The van der Waals surface area contributed by atoms with Crippen molar-refractivity contribution in [1.82, 2.24) is 0 Å². The Hall–Kier alpha value is -0.860. The fourth-order valence-corrected chi connectivity index (χ4v) is 2.88. The molecule has 1 fully saturated rings. The van der Waals surface area contributed by atoms with Gasteiger partial charge in [-0.05, 0) is 18.8 Å². The van der Waals surface area contributed by atoms with E-state index in [1.54, 1.807) is 6.92 Å². The number of carbonyl (C=O) groups excluding carboxylic acids is 1. The molecule has 0 aromatic carbocycles. The lowest BCUT2D eigenvalue weighted by Gasteiger charge is -2.21. The van der Waals surface area contributed by atoms with Gasteiger partial charge < -0.3 is 5.11 Å². The number of carbonyl (C=O) groups is 2. The Morgan fingerprint density at radius 1 is 1.41 bits per heavy atom. The number of unbranched alkanes of at least 4 members (excludes halogenated alkanes) is 3. The van der Waals surface area contributed by atoms with Crippen LogP contribution in [-0.2, 0) is 9.59 Å². The largest absolute Gasteiger partial charge is 0.481 e. The van der Waals surface area contributed by atoms with Crippen LogP contribution < -0.4 is 0 Å². The molecule has 0 aliphatic heterocycles. The van der Waals surface area contributed by atoms with E-state index < -0.39 is 5.97 Å². The standard InChI is InChI=1S/C14H24O3/c1-3-4-5-6-7-12-11(8-9-13(12)15)10(2)14(16)17/h10-12H,3-9H2,1-2H3,(H,16,17). The highest BCUT2D eigenvalue weighted by Gasteiger charge is 2.39. The van der Waals surface area contributed by atoms with Crippen molar-refractivity contribution >= 4 is 11.8 Å². The van der Waals surface area contributed by atoms with E-state index in [2.05, 4.69) is 6.92 Å². The topological polar surface area (TPSA) is 54.4 Å². The van der Waals surface area contributed by atoms with E-state index in [1.165, 1.54) is 12.8 Å². The molecule has 1 rings (SSSR count). The van der Waals surface area contributed by atoms with E-state index in [9.17, 15) is 9.59 Å². The van der Waals surface area contributed by atoms with Gasteiger partial charge in [-0.15, -0.1) is 0 Å². The maximum atomic E-state index is 11.8. The summed E-state index contributed by atoms with van der Waals surface area (Å²) in [6, 6.07) is 0. The Labute approximate surface area is 104 Å². The quantitative estimate of drug-likeness (QED) is 0.695. The van der Waals surface area contributed by atoms with Gasteiger partial charge in [-0.2, -0.15) is 0 Å². The summed E-state index contributed by atoms with van der Waals surface area (Å²) in [6.45, 7) is 3.90. The van der Waals surface area contributed by atoms with Crippen LogP contribution in [0.4, 0.5) is 0 Å². The Balaban J connectivity index is 2.47. The number of aliphatic carboxylic acids is 1. The second-order valence-corrected chi connectivity index (χ2v) is 5.25. The third-order valence-electron chi connectivity index (χ3n) is 4.05. The highest BCUT2D eigenvalue weighted by molar-refractivity contribution is 5.84. The first kappa shape index (κ1) is 14.2. The Morgan fingerprint density at radius 3 is 2.71 bits per heavy atom. The van der Waals surface area contributed by atoms with Gasteiger partial charge in [0.25, 0.3) is 0 Å². The van der Waals surface area contributed by atoms with Crippen molar-refractivity contribution in [3.63, 3.8) is 0 Å². The Kier molecular flexibility index (Phi) is 5.66. The molecule has 17 heavy (non-hydrogen) atoms. The summed E-state index contributed by atoms with van der Waals surface area (Å²) in [5, 5.41) is 9.04. The molecule has 3 heteroatoms. The molecule has 0 spiro atoms. The lowest BCUT2D eigenvalue weighted by Crippen LogP contribution is -2.26. The second kappa shape index (κ2) is 6.77. The number of ketones is 1. The molecule has 0 aromatic rings. The third kappa shape index (κ3) is 3.83. The van der Waals surface area contributed by atoms with E-state index in [-0.39, 0.29) is 17.8 Å². The van der Waals surface area contributed by atoms with Gasteiger partial charge in [0, 0.05) is 12.3 Å². The summed E-state index contributed by atoms with van der Waals surface area (Å²) in [7, 11) is 0. The van der Waals surface area contributed by atoms with Gasteiger partial charge in [0.05, 0.1) is 5.92 Å². The minimum Gasteiger partial charge on any atom is -0.481 e. The number of carboxylic acid groups (broad SMARTS) is 1. The molecule has 3 atom stereocenters. The minimum absolute atomic E-state index is 0.0120. The normalized spacial score (nSPS) is 26.1. The van der Waals surface area contributed by atoms with Gasteiger partial charge in [0.15, 0.2) is 0 Å². The molecule has 98 valence electrons. The zero-order valence-electron chi connectivity index (χ0n) is 10.9. The fraction of sp³-hybridized carbons (Fsp3) is 0.857. The van der Waals surface area contributed by atoms with Crippen molar-refractivity contribution in [1.29, 1.82) is 0 Å². The number of carboxylic acids is 1. The predicted molar refractivity (Wildman–Crippen MR) is 66.8 cm³/mol. The first-order valence-corrected chi connectivity index (χ1v) is 6.83. The van der Waals surface area contributed by atoms with E-state index >= 15 is 0 Å². The van der Waals surface area contributed by atoms with Crippen LogP contribution in [-0.4, -0.2) is 16.9 Å². The zero-order chi connectivity index (χ0) is 12.8. The van der Waals surface area contributed by atoms with Crippen LogP contribution in [0.15, 0.2) is 0 Å². The summed E-state index contributed by atoms with van der Waals surface area (Å²) in [5.41, 5.74) is 0. The summed E-state index contributed by atoms with van der Waals surface area (Å²) in [5.74, 6) is -0.764. The molecule has 0 aromatic heterocycles. The molecule has 1 saturated carbocycles. The van der Waals surface area contributed by atoms with Crippen LogP contribution in [0.25, 0.3) is 0 Å². The first-order chi connectivity index (χ1) is 8.07. The first-order valence-electron chi connectivity index (χ1n) is 6.83. The zero-order valence-corrected chi connectivity index (χ0v) is 10.9. The van der Waals surface area contributed by atoms with Gasteiger partial charge in [-0.1, -0.05) is 39.5 Å². The monoisotopic (exact) mass is 240 g/mol. The molecule has 0 saturated heterocycles. The Bertz CT molecular complexity index is 273. The molecule has 0 heterocycles. The number of Topliss-reactive ketones (excluding diaryl/α,β-unsaturated/α-hetero) is 1. The second-order valence-electron chi connectivity index (χ2n) is 5.25. The van der Waals surface area contributed by atoms with Crippen molar-refractivity contribution in [3.8, 4) is 0 Å². The van der Waals surface area contributed by atoms with Crippen molar-refractivity contribution in [2.75, 3.05) is 0 Å². The van der Waals surface area contributed by atoms with Gasteiger partial charge in [0.1, 0.15) is 5.78 Å². The summed E-state index contributed by atoms with van der Waals surface area (Å²) in [4.78, 5) is 22.8. The van der Waals surface area contributed by atoms with Crippen LogP contribution in [0, 0.1) is 17.8 Å². The number of hydrogen-bond acceptors (Lipinski definition) is 2. The summed E-state index contributed by atoms with van der Waals surface area (Å²) < 4.78 is 0. The molecule has 0 radical (unpaired) electrons. The minimum atomic E-state index is -0.761. The summed E-state index contributed by atoms with van der Waals surface area (Å²) >= 11 is 0. The molecule has 3 unspecified atom stereocenters. The van der Waals surface area contributed by atoms with E-state index in [1.807, 2.05) is 0 Å². The molecule has 3 nitrogen and oxygen atoms in total. The average molecular weight is 240 g/mol. The molecule has 0 bridgehead atoms. The molecular weight excluding hydrogens is 216 g/mol. The molecule has 1 aliphatic rings. The predicted octanol–water partition coefficient (Wildman–Crippen LogP) is 3.27. The lowest BCUT2D eigenvalue weighted by molar-refractivity contribution is -0.143. The van der Waals surface area contributed by atoms with Crippen molar-refractivity contribution < 1.29 is 14.7 Å². The van der Waals surface area contributed by atoms with E-state index in [0.29, 0.717) is 12.2 Å². The molecule has 1 N–H and O–H groups in total. The summed E-state index contributed by atoms with van der Waals surface area (Å²) in [6.07, 6.45) is 6.86. The third-order valence-corrected chi connectivity index (χ3v) is 4.05. The van der Waals surface area contributed by atoms with Gasteiger partial charge >= 0.3 is 5.97 Å². The number of rotatable bonds is 7. The highest BCUT2D eigenvalue weighted by atomic mass is 16.4. The van der Waals surface area contributed by atoms with Crippen LogP contribution in [0.2, 0.25) is 0 Å². The maximum Gasteiger partial charge on any atom is 0.306 e. The van der Waals surface area contributed by atoms with Gasteiger partial charge in [-0.3, -0.25) is 9.59 Å². The number of hydrogen-bond donors (Lipinski definition) is 1. The van der Waals surface area contributed by atoms with E-state index in [4.69, 9.17) is 5.11 Å². The van der Waals surface area contributed by atoms with Crippen LogP contribution in [0.5, 0.6) is 0 Å². The SMILES string of the molecule is CCCCCCC1C(=O)CCC1C(C)C(=O)O. The van der Waals surface area contributed by atoms with Crippen LogP contribution >= 0.6 is 0 Å². The van der Waals surface area contributed by atoms with Crippen molar-refractivity contribution in [2.24, 2.45) is 17.8 Å². The average Bonchev–Trinajstić information content (AvgIpc) is 2.65. The fourth-order valence-electron chi connectivity index (χ4n) is 2.88. The van der Waals surface area contributed by atoms with E-state index in [0.717, 1.165) is 25.7 Å².